The fraction of sp³-hybridized carbons (Fsp3) is 0.455. The van der Waals surface area contributed by atoms with Crippen molar-refractivity contribution < 1.29 is 18.0 Å². The lowest BCUT2D eigenvalue weighted by molar-refractivity contribution is -0.185. The molecule has 0 radical (unpaired) electrons. The Labute approximate surface area is 107 Å². The van der Waals surface area contributed by atoms with Crippen molar-refractivity contribution in [2.24, 2.45) is 0 Å². The number of rotatable bonds is 1. The topological polar surface area (TPSA) is 62.5 Å². The van der Waals surface area contributed by atoms with E-state index in [1.165, 1.54) is 0 Å². The fourth-order valence-electron chi connectivity index (χ4n) is 1.93. The number of nitrogen functional groups attached to an aromatic ring is 1. The number of hydrogen-bond donors (Lipinski definition) is 1. The number of nitrogens with zero attached hydrogens (tertiary/aromatic N) is 3. The Balaban J connectivity index is 1.96. The van der Waals surface area contributed by atoms with Crippen LogP contribution in [0.1, 0.15) is 0 Å². The van der Waals surface area contributed by atoms with Crippen molar-refractivity contribution in [3.05, 3.63) is 18.3 Å². The first-order valence-electron chi connectivity index (χ1n) is 5.70. The van der Waals surface area contributed by atoms with Gasteiger partial charge >= 0.3 is 12.1 Å². The number of halogens is 3. The predicted octanol–water partition coefficient (Wildman–Crippen LogP) is 0.875. The quantitative estimate of drug-likeness (QED) is 0.825. The molecular weight excluding hydrogens is 261 g/mol. The minimum Gasteiger partial charge on any atom is -0.384 e. The van der Waals surface area contributed by atoms with E-state index in [2.05, 4.69) is 4.98 Å². The third-order valence-electron chi connectivity index (χ3n) is 2.95. The van der Waals surface area contributed by atoms with Crippen LogP contribution < -0.4 is 10.6 Å². The summed E-state index contributed by atoms with van der Waals surface area (Å²) < 4.78 is 36.8. The molecule has 0 spiro atoms. The highest BCUT2D eigenvalue weighted by molar-refractivity contribution is 5.82. The Morgan fingerprint density at radius 3 is 2.32 bits per heavy atom. The Kier molecular flexibility index (Phi) is 3.50. The lowest BCUT2D eigenvalue weighted by atomic mass is 10.2. The molecule has 0 aliphatic carbocycles. The van der Waals surface area contributed by atoms with Crippen LogP contribution in [0.3, 0.4) is 0 Å². The molecule has 1 amide bonds. The number of hydrogen-bond acceptors (Lipinski definition) is 4. The molecule has 1 fully saturated rings. The van der Waals surface area contributed by atoms with Crippen LogP contribution in [0.5, 0.6) is 0 Å². The van der Waals surface area contributed by atoms with Gasteiger partial charge in [-0.25, -0.2) is 4.98 Å². The minimum absolute atomic E-state index is 0.0444. The molecule has 0 aromatic carbocycles. The maximum Gasteiger partial charge on any atom is 0.471 e. The summed E-state index contributed by atoms with van der Waals surface area (Å²) in [5.41, 5.74) is 6.24. The molecular formula is C11H13F3N4O. The van der Waals surface area contributed by atoms with Gasteiger partial charge in [0.2, 0.25) is 0 Å². The number of alkyl halides is 3. The zero-order valence-corrected chi connectivity index (χ0v) is 10.0. The van der Waals surface area contributed by atoms with E-state index >= 15 is 0 Å². The van der Waals surface area contributed by atoms with E-state index in [-0.39, 0.29) is 13.1 Å². The summed E-state index contributed by atoms with van der Waals surface area (Å²) in [6.07, 6.45) is -3.23. The van der Waals surface area contributed by atoms with Gasteiger partial charge in [0.25, 0.3) is 0 Å². The maximum absolute atomic E-state index is 12.3. The zero-order chi connectivity index (χ0) is 14.0. The molecule has 5 nitrogen and oxygen atoms in total. The van der Waals surface area contributed by atoms with Crippen LogP contribution in [-0.2, 0) is 4.79 Å². The van der Waals surface area contributed by atoms with Crippen LogP contribution in [0, 0.1) is 0 Å². The molecule has 0 atom stereocenters. The van der Waals surface area contributed by atoms with Crippen molar-refractivity contribution >= 4 is 17.4 Å². The maximum atomic E-state index is 12.3. The van der Waals surface area contributed by atoms with E-state index in [0.717, 1.165) is 10.6 Å². The molecule has 0 bridgehead atoms. The van der Waals surface area contributed by atoms with E-state index in [1.54, 1.807) is 18.3 Å². The summed E-state index contributed by atoms with van der Waals surface area (Å²) in [7, 11) is 0. The van der Waals surface area contributed by atoms with Crippen molar-refractivity contribution in [2.75, 3.05) is 36.8 Å². The average Bonchev–Trinajstić information content (AvgIpc) is 2.38. The Hall–Kier alpha value is -1.99. The lowest BCUT2D eigenvalue weighted by Crippen LogP contribution is -2.52. The number of amides is 1. The first kappa shape index (κ1) is 13.4. The standard InChI is InChI=1S/C11H13F3N4O/c12-11(13,14)10(19)18-5-3-17(4-6-18)8-1-2-9(15)16-7-8/h1-2,7H,3-6H2,(H2,15,16). The van der Waals surface area contributed by atoms with Crippen molar-refractivity contribution in [1.29, 1.82) is 0 Å². The average molecular weight is 274 g/mol. The van der Waals surface area contributed by atoms with E-state index in [1.807, 2.05) is 4.90 Å². The summed E-state index contributed by atoms with van der Waals surface area (Å²) in [4.78, 5) is 17.7. The number of piperazine rings is 1. The molecule has 1 aliphatic heterocycles. The predicted molar refractivity (Wildman–Crippen MR) is 63.5 cm³/mol. The highest BCUT2D eigenvalue weighted by Crippen LogP contribution is 2.21. The van der Waals surface area contributed by atoms with Crippen LogP contribution in [-0.4, -0.2) is 48.1 Å². The van der Waals surface area contributed by atoms with Gasteiger partial charge in [-0.3, -0.25) is 4.79 Å². The van der Waals surface area contributed by atoms with Crippen LogP contribution >= 0.6 is 0 Å². The molecule has 1 aromatic rings. The summed E-state index contributed by atoms with van der Waals surface area (Å²) in [5.74, 6) is -1.39. The molecule has 8 heteroatoms. The number of aromatic nitrogens is 1. The number of anilines is 2. The Bertz CT molecular complexity index is 452. The van der Waals surface area contributed by atoms with Gasteiger partial charge < -0.3 is 15.5 Å². The minimum atomic E-state index is -4.80. The van der Waals surface area contributed by atoms with E-state index in [9.17, 15) is 18.0 Å². The van der Waals surface area contributed by atoms with Crippen LogP contribution in [0.4, 0.5) is 24.7 Å². The van der Waals surface area contributed by atoms with Gasteiger partial charge in [-0.2, -0.15) is 13.2 Å². The third kappa shape index (κ3) is 3.07. The van der Waals surface area contributed by atoms with Crippen LogP contribution in [0.25, 0.3) is 0 Å². The SMILES string of the molecule is Nc1ccc(N2CCN(C(=O)C(F)(F)F)CC2)cn1. The largest absolute Gasteiger partial charge is 0.471 e. The van der Waals surface area contributed by atoms with Crippen molar-refractivity contribution in [1.82, 2.24) is 9.88 Å². The third-order valence-corrected chi connectivity index (χ3v) is 2.95. The smallest absolute Gasteiger partial charge is 0.384 e. The van der Waals surface area contributed by atoms with Crippen LogP contribution in [0.15, 0.2) is 18.3 Å². The molecule has 0 unspecified atom stereocenters. The second kappa shape index (κ2) is 4.94. The first-order valence-corrected chi connectivity index (χ1v) is 5.70. The molecule has 2 rings (SSSR count). The van der Waals surface area contributed by atoms with E-state index in [0.29, 0.717) is 18.9 Å². The van der Waals surface area contributed by atoms with Crippen LogP contribution in [0.2, 0.25) is 0 Å². The monoisotopic (exact) mass is 274 g/mol. The number of carbonyl (C=O) groups is 1. The second-order valence-electron chi connectivity index (χ2n) is 4.22. The molecule has 1 aliphatic rings. The molecule has 2 N–H and O–H groups in total. The second-order valence-corrected chi connectivity index (χ2v) is 4.22. The number of carbonyl (C=O) groups excluding carboxylic acids is 1. The summed E-state index contributed by atoms with van der Waals surface area (Å²) >= 11 is 0. The summed E-state index contributed by atoms with van der Waals surface area (Å²) in [5, 5.41) is 0. The summed E-state index contributed by atoms with van der Waals surface area (Å²) in [6, 6.07) is 3.38. The first-order chi connectivity index (χ1) is 8.88. The van der Waals surface area contributed by atoms with E-state index < -0.39 is 12.1 Å². The summed E-state index contributed by atoms with van der Waals surface area (Å²) in [6.45, 7) is 0.770. The van der Waals surface area contributed by atoms with Gasteiger partial charge in [0.1, 0.15) is 5.82 Å². The van der Waals surface area contributed by atoms with Crippen molar-refractivity contribution in [2.45, 2.75) is 6.18 Å². The molecule has 104 valence electrons. The van der Waals surface area contributed by atoms with Gasteiger partial charge in [0, 0.05) is 26.2 Å². The molecule has 1 saturated heterocycles. The highest BCUT2D eigenvalue weighted by atomic mass is 19.4. The Morgan fingerprint density at radius 2 is 1.84 bits per heavy atom. The van der Waals surface area contributed by atoms with Crippen molar-refractivity contribution in [3.63, 3.8) is 0 Å². The molecule has 2 heterocycles. The normalized spacial score (nSPS) is 16.6. The van der Waals surface area contributed by atoms with Gasteiger partial charge in [0.05, 0.1) is 11.9 Å². The molecule has 1 aromatic heterocycles. The van der Waals surface area contributed by atoms with Gasteiger partial charge in [0.15, 0.2) is 0 Å². The van der Waals surface area contributed by atoms with E-state index in [4.69, 9.17) is 5.73 Å². The van der Waals surface area contributed by atoms with Gasteiger partial charge in [-0.1, -0.05) is 0 Å². The highest BCUT2D eigenvalue weighted by Gasteiger charge is 2.43. The number of pyridine rings is 1. The molecule has 0 saturated carbocycles. The fourth-order valence-corrected chi connectivity index (χ4v) is 1.93. The van der Waals surface area contributed by atoms with Gasteiger partial charge in [-0.05, 0) is 12.1 Å². The number of nitrogens with two attached hydrogens (primary N) is 1. The molecule has 19 heavy (non-hydrogen) atoms. The lowest BCUT2D eigenvalue weighted by Gasteiger charge is -2.36. The Morgan fingerprint density at radius 1 is 1.21 bits per heavy atom. The zero-order valence-electron chi connectivity index (χ0n) is 10.0. The van der Waals surface area contributed by atoms with Gasteiger partial charge in [-0.15, -0.1) is 0 Å². The van der Waals surface area contributed by atoms with Crippen molar-refractivity contribution in [3.8, 4) is 0 Å².